The van der Waals surface area contributed by atoms with E-state index in [0.29, 0.717) is 4.57 Å². The molecule has 0 saturated carbocycles. The smallest absolute Gasteiger partial charge is 0.256 e. The Balaban J connectivity index is 2.54. The summed E-state index contributed by atoms with van der Waals surface area (Å²) in [7, 11) is 1.34. The largest absolute Gasteiger partial charge is 0.467 e. The van der Waals surface area contributed by atoms with Crippen molar-refractivity contribution in [2.75, 3.05) is 13.9 Å². The summed E-state index contributed by atoms with van der Waals surface area (Å²) in [5, 5.41) is 0. The minimum absolute atomic E-state index is 0.121. The van der Waals surface area contributed by atoms with E-state index >= 15 is 0 Å². The molecule has 0 atom stereocenters. The van der Waals surface area contributed by atoms with Crippen LogP contribution in [0.15, 0.2) is 35.1 Å². The molecule has 2 aromatic rings. The zero-order chi connectivity index (χ0) is 17.0. The molecule has 0 amide bonds. The lowest BCUT2D eigenvalue weighted by atomic mass is 10.1. The molecule has 124 valence electrons. The van der Waals surface area contributed by atoms with Gasteiger partial charge in [-0.3, -0.25) is 4.79 Å². The lowest BCUT2D eigenvalue weighted by Gasteiger charge is -2.14. The van der Waals surface area contributed by atoms with Crippen LogP contribution in [0.25, 0.3) is 11.3 Å². The van der Waals surface area contributed by atoms with E-state index in [1.165, 1.54) is 19.2 Å². The molecular formula is C15H13F4NO3. The number of hydrogen-bond acceptors (Lipinski definition) is 3. The standard InChI is InChI=1S/C15H13F4NO3/c1-22-8-23-9-5-10(16)15(11(17)6-9)12-3-2-4-14(21)20(12)7-13(18)19/h2-6,13H,7-8H2,1H3. The molecule has 0 unspecified atom stereocenters. The second kappa shape index (κ2) is 7.28. The molecule has 0 fully saturated rings. The van der Waals surface area contributed by atoms with Gasteiger partial charge in [-0.2, -0.15) is 0 Å². The number of halogens is 4. The quantitative estimate of drug-likeness (QED) is 0.603. The number of rotatable bonds is 6. The first-order valence-corrected chi connectivity index (χ1v) is 6.53. The maximum atomic E-state index is 14.2. The number of aromatic nitrogens is 1. The predicted molar refractivity (Wildman–Crippen MR) is 74.6 cm³/mol. The molecule has 23 heavy (non-hydrogen) atoms. The van der Waals surface area contributed by atoms with Gasteiger partial charge in [0.25, 0.3) is 12.0 Å². The van der Waals surface area contributed by atoms with Crippen molar-refractivity contribution in [3.05, 3.63) is 52.3 Å². The Hall–Kier alpha value is -2.35. The molecular weight excluding hydrogens is 318 g/mol. The fourth-order valence-corrected chi connectivity index (χ4v) is 2.07. The molecule has 1 aromatic heterocycles. The Kier molecular flexibility index (Phi) is 5.38. The van der Waals surface area contributed by atoms with Gasteiger partial charge >= 0.3 is 0 Å². The van der Waals surface area contributed by atoms with Gasteiger partial charge in [-0.15, -0.1) is 0 Å². The molecule has 0 radical (unpaired) electrons. The molecule has 1 aromatic carbocycles. The van der Waals surface area contributed by atoms with Crippen molar-refractivity contribution in [1.29, 1.82) is 0 Å². The van der Waals surface area contributed by atoms with Crippen molar-refractivity contribution in [2.24, 2.45) is 0 Å². The maximum Gasteiger partial charge on any atom is 0.256 e. The first-order valence-electron chi connectivity index (χ1n) is 6.53. The molecule has 0 bridgehead atoms. The predicted octanol–water partition coefficient (Wildman–Crippen LogP) is 3.04. The lowest BCUT2D eigenvalue weighted by molar-refractivity contribution is 0.0507. The van der Waals surface area contributed by atoms with E-state index in [1.807, 2.05) is 0 Å². The van der Waals surface area contributed by atoms with Crippen molar-refractivity contribution >= 4 is 0 Å². The van der Waals surface area contributed by atoms with Gasteiger partial charge in [0, 0.05) is 25.3 Å². The number of alkyl halides is 2. The number of hydrogen-bond donors (Lipinski definition) is 0. The lowest BCUT2D eigenvalue weighted by Crippen LogP contribution is -2.24. The number of benzene rings is 1. The van der Waals surface area contributed by atoms with Gasteiger partial charge < -0.3 is 14.0 Å². The molecule has 0 saturated heterocycles. The normalized spacial score (nSPS) is 11.0. The van der Waals surface area contributed by atoms with Crippen LogP contribution in [-0.2, 0) is 11.3 Å². The van der Waals surface area contributed by atoms with E-state index in [4.69, 9.17) is 4.74 Å². The molecule has 0 aliphatic rings. The number of ether oxygens (including phenoxy) is 2. The average molecular weight is 331 g/mol. The zero-order valence-electron chi connectivity index (χ0n) is 12.1. The Morgan fingerprint density at radius 3 is 2.39 bits per heavy atom. The van der Waals surface area contributed by atoms with Crippen molar-refractivity contribution < 1.29 is 27.0 Å². The van der Waals surface area contributed by atoms with E-state index in [2.05, 4.69) is 4.74 Å². The molecule has 0 N–H and O–H groups in total. The Labute approximate surface area is 128 Å². The van der Waals surface area contributed by atoms with Crippen molar-refractivity contribution in [1.82, 2.24) is 4.57 Å². The fraction of sp³-hybridized carbons (Fsp3) is 0.267. The van der Waals surface area contributed by atoms with E-state index in [0.717, 1.165) is 18.2 Å². The van der Waals surface area contributed by atoms with Crippen LogP contribution in [0.2, 0.25) is 0 Å². The van der Waals surface area contributed by atoms with E-state index in [-0.39, 0.29) is 18.2 Å². The van der Waals surface area contributed by atoms with Gasteiger partial charge in [0.1, 0.15) is 17.4 Å². The van der Waals surface area contributed by atoms with Gasteiger partial charge in [-0.25, -0.2) is 17.6 Å². The topological polar surface area (TPSA) is 40.5 Å². The summed E-state index contributed by atoms with van der Waals surface area (Å²) in [6.45, 7) is -1.17. The Morgan fingerprint density at radius 2 is 1.83 bits per heavy atom. The van der Waals surface area contributed by atoms with E-state index < -0.39 is 35.7 Å². The monoisotopic (exact) mass is 331 g/mol. The summed E-state index contributed by atoms with van der Waals surface area (Å²) in [5.41, 5.74) is -1.62. The molecule has 2 rings (SSSR count). The van der Waals surface area contributed by atoms with Crippen LogP contribution in [0.5, 0.6) is 5.75 Å². The molecule has 0 aliphatic carbocycles. The summed E-state index contributed by atoms with van der Waals surface area (Å²) in [6, 6.07) is 5.26. The second-order valence-electron chi connectivity index (χ2n) is 4.56. The number of pyridine rings is 1. The van der Waals surface area contributed by atoms with Crippen LogP contribution in [-0.4, -0.2) is 24.9 Å². The van der Waals surface area contributed by atoms with Crippen LogP contribution in [0.3, 0.4) is 0 Å². The third-order valence-electron chi connectivity index (χ3n) is 2.99. The number of nitrogens with zero attached hydrogens (tertiary/aromatic N) is 1. The van der Waals surface area contributed by atoms with Crippen molar-refractivity contribution in [2.45, 2.75) is 13.0 Å². The summed E-state index contributed by atoms with van der Waals surface area (Å²) >= 11 is 0. The minimum atomic E-state index is -2.84. The first-order chi connectivity index (χ1) is 10.9. The SMILES string of the molecule is COCOc1cc(F)c(-c2cccc(=O)n2CC(F)F)c(F)c1. The van der Waals surface area contributed by atoms with Crippen LogP contribution in [0, 0.1) is 11.6 Å². The zero-order valence-corrected chi connectivity index (χ0v) is 12.1. The molecule has 4 nitrogen and oxygen atoms in total. The van der Waals surface area contributed by atoms with Gasteiger partial charge in [-0.1, -0.05) is 6.07 Å². The molecule has 0 aliphatic heterocycles. The summed E-state index contributed by atoms with van der Waals surface area (Å²) in [6.07, 6.45) is -2.84. The highest BCUT2D eigenvalue weighted by Gasteiger charge is 2.19. The second-order valence-corrected chi connectivity index (χ2v) is 4.56. The summed E-state index contributed by atoms with van der Waals surface area (Å²) in [4.78, 5) is 11.7. The van der Waals surface area contributed by atoms with Gasteiger partial charge in [0.15, 0.2) is 6.79 Å². The maximum absolute atomic E-state index is 14.2. The molecule has 8 heteroatoms. The third-order valence-corrected chi connectivity index (χ3v) is 2.99. The van der Waals surface area contributed by atoms with E-state index in [9.17, 15) is 22.4 Å². The average Bonchev–Trinajstić information content (AvgIpc) is 2.47. The van der Waals surface area contributed by atoms with Crippen molar-refractivity contribution in [3.63, 3.8) is 0 Å². The van der Waals surface area contributed by atoms with Crippen molar-refractivity contribution in [3.8, 4) is 17.0 Å². The first kappa shape index (κ1) is 17.0. The van der Waals surface area contributed by atoms with Crippen LogP contribution < -0.4 is 10.3 Å². The highest BCUT2D eigenvalue weighted by atomic mass is 19.3. The Morgan fingerprint density at radius 1 is 1.17 bits per heavy atom. The van der Waals surface area contributed by atoms with Gasteiger partial charge in [0.05, 0.1) is 17.8 Å². The molecule has 0 spiro atoms. The molecule has 1 heterocycles. The fourth-order valence-electron chi connectivity index (χ4n) is 2.07. The number of methoxy groups -OCH3 is 1. The van der Waals surface area contributed by atoms with Crippen LogP contribution in [0.1, 0.15) is 0 Å². The van der Waals surface area contributed by atoms with Crippen LogP contribution >= 0.6 is 0 Å². The highest BCUT2D eigenvalue weighted by Crippen LogP contribution is 2.29. The minimum Gasteiger partial charge on any atom is -0.467 e. The highest BCUT2D eigenvalue weighted by molar-refractivity contribution is 5.62. The van der Waals surface area contributed by atoms with E-state index in [1.54, 1.807) is 0 Å². The summed E-state index contributed by atoms with van der Waals surface area (Å²) < 4.78 is 63.8. The van der Waals surface area contributed by atoms with Gasteiger partial charge in [0.2, 0.25) is 0 Å². The summed E-state index contributed by atoms with van der Waals surface area (Å²) in [5.74, 6) is -2.20. The van der Waals surface area contributed by atoms with Gasteiger partial charge in [-0.05, 0) is 6.07 Å². The Bertz CT molecular complexity index is 723. The third kappa shape index (κ3) is 3.89. The van der Waals surface area contributed by atoms with Crippen LogP contribution in [0.4, 0.5) is 17.6 Å².